The molecule has 0 radical (unpaired) electrons. The number of nitrogen functional groups attached to an aromatic ring is 1. The highest BCUT2D eigenvalue weighted by Gasteiger charge is 2.27. The van der Waals surface area contributed by atoms with Crippen molar-refractivity contribution >= 4 is 23.4 Å². The van der Waals surface area contributed by atoms with Gasteiger partial charge >= 0.3 is 23.9 Å². The Labute approximate surface area is 234 Å². The molecule has 4 rings (SSSR count). The summed E-state index contributed by atoms with van der Waals surface area (Å²) in [5.41, 5.74) is 7.57. The molecule has 0 spiro atoms. The minimum atomic E-state index is -1.50. The van der Waals surface area contributed by atoms with Crippen LogP contribution in [0, 0.1) is 12.3 Å². The number of amides is 1. The van der Waals surface area contributed by atoms with Gasteiger partial charge in [0.15, 0.2) is 5.82 Å². The Morgan fingerprint density at radius 3 is 2.41 bits per heavy atom. The molecule has 0 aliphatic heterocycles. The fourth-order valence-corrected chi connectivity index (χ4v) is 3.85. The number of amidine groups is 1. The zero-order valence-electron chi connectivity index (χ0n) is 22.8. The summed E-state index contributed by atoms with van der Waals surface area (Å²) in [5, 5.41) is 15.4. The molecular weight excluding hydrogens is 530 g/mol. The number of nitrogens with zero attached hydrogens (tertiary/aromatic N) is 5. The van der Waals surface area contributed by atoms with Crippen LogP contribution in [0.25, 0.3) is 5.95 Å². The van der Waals surface area contributed by atoms with Gasteiger partial charge in [-0.05, 0) is 60.5 Å². The predicted molar refractivity (Wildman–Crippen MR) is 149 cm³/mol. The van der Waals surface area contributed by atoms with E-state index in [1.807, 2.05) is 13.0 Å². The van der Waals surface area contributed by atoms with Crippen LogP contribution in [0.1, 0.15) is 35.5 Å². The fraction of sp³-hybridized carbons (Fsp3) is 0.222. The molecule has 2 aromatic heterocycles. The predicted octanol–water partition coefficient (Wildman–Crippen LogP) is 1.50. The van der Waals surface area contributed by atoms with Crippen LogP contribution < -0.4 is 21.5 Å². The van der Waals surface area contributed by atoms with Crippen LogP contribution in [0.3, 0.4) is 0 Å². The number of anilines is 1. The van der Waals surface area contributed by atoms with E-state index < -0.39 is 29.9 Å². The SMILES string of the molecule is CC(=O)O[C@H](Oc1cc(C)cc(C(Nc2ccc(C(=N)N)cc2)c2nn(-c3ncccn3)c(=O)[nH]2)c1)C(=O)N(C)C. The Morgan fingerprint density at radius 2 is 1.80 bits per heavy atom. The maximum atomic E-state index is 12.9. The number of carbonyl (C=O) groups excluding carboxylic acids is 2. The van der Waals surface area contributed by atoms with Crippen LogP contribution in [0.2, 0.25) is 0 Å². The second-order valence-corrected chi connectivity index (χ2v) is 9.22. The molecule has 0 bridgehead atoms. The first-order chi connectivity index (χ1) is 19.5. The largest absolute Gasteiger partial charge is 0.446 e. The quantitative estimate of drug-likeness (QED) is 0.0957. The highest BCUT2D eigenvalue weighted by Crippen LogP contribution is 2.29. The lowest BCUT2D eigenvalue weighted by atomic mass is 10.0. The van der Waals surface area contributed by atoms with Gasteiger partial charge < -0.3 is 25.4 Å². The van der Waals surface area contributed by atoms with Crippen LogP contribution in [0.5, 0.6) is 5.75 Å². The van der Waals surface area contributed by atoms with Gasteiger partial charge in [0, 0.05) is 44.7 Å². The normalized spacial score (nSPS) is 12.2. The van der Waals surface area contributed by atoms with Gasteiger partial charge in [0.1, 0.15) is 17.6 Å². The van der Waals surface area contributed by atoms with Crippen molar-refractivity contribution in [3.05, 3.63) is 93.9 Å². The number of H-pyrrole nitrogens is 1. The zero-order valence-corrected chi connectivity index (χ0v) is 22.8. The van der Waals surface area contributed by atoms with Crippen LogP contribution in [0.4, 0.5) is 5.69 Å². The van der Waals surface area contributed by atoms with Gasteiger partial charge in [-0.25, -0.2) is 14.8 Å². The van der Waals surface area contributed by atoms with Gasteiger partial charge in [-0.1, -0.05) is 6.07 Å². The van der Waals surface area contributed by atoms with E-state index >= 15 is 0 Å². The molecule has 2 atom stereocenters. The highest BCUT2D eigenvalue weighted by atomic mass is 16.7. The molecule has 0 saturated carbocycles. The van der Waals surface area contributed by atoms with E-state index in [0.717, 1.165) is 10.2 Å². The van der Waals surface area contributed by atoms with E-state index in [9.17, 15) is 14.4 Å². The van der Waals surface area contributed by atoms with Crippen molar-refractivity contribution in [2.75, 3.05) is 19.4 Å². The molecule has 41 heavy (non-hydrogen) atoms. The van der Waals surface area contributed by atoms with Crippen LogP contribution in [-0.2, 0) is 14.3 Å². The van der Waals surface area contributed by atoms with Crippen molar-refractivity contribution in [3.8, 4) is 11.7 Å². The Kier molecular flexibility index (Phi) is 8.41. The number of aromatic nitrogens is 5. The third-order valence-corrected chi connectivity index (χ3v) is 5.72. The van der Waals surface area contributed by atoms with E-state index in [4.69, 9.17) is 20.6 Å². The Balaban J connectivity index is 1.77. The summed E-state index contributed by atoms with van der Waals surface area (Å²) in [6.45, 7) is 3.00. The maximum Gasteiger partial charge on any atom is 0.350 e. The topological polar surface area (TPSA) is 194 Å². The summed E-state index contributed by atoms with van der Waals surface area (Å²) < 4.78 is 12.0. The number of aryl methyl sites for hydroxylation is 1. The van der Waals surface area contributed by atoms with Gasteiger partial charge in [-0.3, -0.25) is 20.0 Å². The molecule has 0 fully saturated rings. The molecule has 0 aliphatic carbocycles. The summed E-state index contributed by atoms with van der Waals surface area (Å²) in [4.78, 5) is 49.3. The minimum absolute atomic E-state index is 0.0749. The molecule has 212 valence electrons. The molecule has 0 saturated heterocycles. The molecule has 1 amide bonds. The van der Waals surface area contributed by atoms with Gasteiger partial charge in [-0.2, -0.15) is 0 Å². The number of rotatable bonds is 10. The standard InChI is InChI=1S/C27H29N9O5/c1-15-12-18(14-20(13-15)41-25(40-16(2)37)24(38)35(3)4)21(32-19-8-6-17(7-9-19)22(28)29)23-33-27(39)36(34-23)26-30-10-5-11-31-26/h5-14,21,25,32H,1-4H3,(H3,28,29)(H,33,34,39)/t21?,25-/m1/s1. The van der Waals surface area contributed by atoms with Gasteiger partial charge in [0.2, 0.25) is 0 Å². The van der Waals surface area contributed by atoms with E-state index in [1.165, 1.54) is 38.3 Å². The van der Waals surface area contributed by atoms with Crippen LogP contribution >= 0.6 is 0 Å². The van der Waals surface area contributed by atoms with E-state index in [1.54, 1.807) is 42.5 Å². The van der Waals surface area contributed by atoms with E-state index in [-0.39, 0.29) is 23.4 Å². The third-order valence-electron chi connectivity index (χ3n) is 5.72. The Hall–Kier alpha value is -5.53. The molecule has 14 heteroatoms. The first-order valence-electron chi connectivity index (χ1n) is 12.4. The lowest BCUT2D eigenvalue weighted by molar-refractivity contribution is -0.175. The summed E-state index contributed by atoms with van der Waals surface area (Å²) in [6.07, 6.45) is 1.49. The van der Waals surface area contributed by atoms with Gasteiger partial charge in [-0.15, -0.1) is 9.78 Å². The summed E-state index contributed by atoms with van der Waals surface area (Å²) in [6, 6.07) is 12.9. The number of carbonyl (C=O) groups is 2. The summed E-state index contributed by atoms with van der Waals surface area (Å²) >= 11 is 0. The lowest BCUT2D eigenvalue weighted by Gasteiger charge is -2.23. The Morgan fingerprint density at radius 1 is 1.12 bits per heavy atom. The van der Waals surface area contributed by atoms with Crippen molar-refractivity contribution in [1.29, 1.82) is 5.41 Å². The smallest absolute Gasteiger partial charge is 0.350 e. The van der Waals surface area contributed by atoms with E-state index in [0.29, 0.717) is 16.8 Å². The summed E-state index contributed by atoms with van der Waals surface area (Å²) in [7, 11) is 3.04. The third kappa shape index (κ3) is 6.92. The number of nitrogens with two attached hydrogens (primary N) is 1. The van der Waals surface area contributed by atoms with Crippen LogP contribution in [0.15, 0.2) is 65.7 Å². The molecule has 2 heterocycles. The zero-order chi connectivity index (χ0) is 29.7. The number of ether oxygens (including phenoxy) is 2. The molecule has 4 aromatic rings. The number of benzene rings is 2. The number of nitrogens with one attached hydrogen (secondary N) is 3. The first-order valence-corrected chi connectivity index (χ1v) is 12.4. The number of aromatic amines is 1. The summed E-state index contributed by atoms with van der Waals surface area (Å²) in [5.74, 6) is -0.755. The molecule has 14 nitrogen and oxygen atoms in total. The van der Waals surface area contributed by atoms with Crippen molar-refractivity contribution in [2.45, 2.75) is 26.2 Å². The number of likely N-dealkylation sites (N-methyl/N-ethyl adjacent to an activating group) is 1. The second-order valence-electron chi connectivity index (χ2n) is 9.22. The van der Waals surface area contributed by atoms with Gasteiger partial charge in [0.05, 0.1) is 0 Å². The van der Waals surface area contributed by atoms with Crippen molar-refractivity contribution < 1.29 is 19.1 Å². The molecule has 2 aromatic carbocycles. The number of hydrogen-bond donors (Lipinski definition) is 4. The maximum absolute atomic E-state index is 12.9. The van der Waals surface area contributed by atoms with Crippen molar-refractivity contribution in [1.82, 2.24) is 29.6 Å². The number of hydrogen-bond acceptors (Lipinski definition) is 10. The van der Waals surface area contributed by atoms with E-state index in [2.05, 4.69) is 25.4 Å². The lowest BCUT2D eigenvalue weighted by Crippen LogP contribution is -2.40. The van der Waals surface area contributed by atoms with Gasteiger partial charge in [0.25, 0.3) is 5.95 Å². The molecule has 5 N–H and O–H groups in total. The molecule has 1 unspecified atom stereocenters. The molecule has 0 aliphatic rings. The Bertz CT molecular complexity index is 1610. The monoisotopic (exact) mass is 559 g/mol. The van der Waals surface area contributed by atoms with Crippen LogP contribution in [-0.4, -0.2) is 67.7 Å². The second kappa shape index (κ2) is 12.1. The average Bonchev–Trinajstić information content (AvgIpc) is 3.32. The fourth-order valence-electron chi connectivity index (χ4n) is 3.85. The first kappa shape index (κ1) is 28.5. The van der Waals surface area contributed by atoms with Crippen molar-refractivity contribution in [3.63, 3.8) is 0 Å². The minimum Gasteiger partial charge on any atom is -0.446 e. The average molecular weight is 560 g/mol. The number of esters is 1. The van der Waals surface area contributed by atoms with Crippen molar-refractivity contribution in [2.24, 2.45) is 5.73 Å². The molecular formula is C27H29N9O5. The highest BCUT2D eigenvalue weighted by molar-refractivity contribution is 5.95.